The molecule has 106 valence electrons. The number of aryl methyl sites for hydroxylation is 1. The van der Waals surface area contributed by atoms with Gasteiger partial charge in [-0.2, -0.15) is 0 Å². The smallest absolute Gasteiger partial charge is 0.340 e. The first-order valence-corrected chi connectivity index (χ1v) is 6.77. The number of rotatable bonds is 2. The van der Waals surface area contributed by atoms with Gasteiger partial charge in [0.15, 0.2) is 6.23 Å². The molecule has 6 nitrogen and oxygen atoms in total. The van der Waals surface area contributed by atoms with Crippen LogP contribution in [0.4, 0.5) is 0 Å². The standard InChI is InChI=1S/C14H17N3O3/c1-9-6-7-10-13(12(9)14(18)19-2)15-16-17(10)11-5-3-4-8-20-11/h6-7,11H,3-5,8H2,1-2H3. The van der Waals surface area contributed by atoms with E-state index in [1.54, 1.807) is 4.68 Å². The molecule has 0 spiro atoms. The maximum absolute atomic E-state index is 11.9. The van der Waals surface area contributed by atoms with E-state index in [4.69, 9.17) is 9.47 Å². The van der Waals surface area contributed by atoms with Crippen molar-refractivity contribution < 1.29 is 14.3 Å². The zero-order chi connectivity index (χ0) is 14.1. The van der Waals surface area contributed by atoms with Gasteiger partial charge >= 0.3 is 5.97 Å². The minimum Gasteiger partial charge on any atom is -0.465 e. The minimum atomic E-state index is -0.385. The highest BCUT2D eigenvalue weighted by atomic mass is 16.5. The van der Waals surface area contributed by atoms with Crippen LogP contribution >= 0.6 is 0 Å². The van der Waals surface area contributed by atoms with E-state index in [1.807, 2.05) is 19.1 Å². The number of aromatic nitrogens is 3. The average Bonchev–Trinajstić information content (AvgIpc) is 2.91. The molecule has 1 aliphatic rings. The first-order chi connectivity index (χ1) is 9.72. The van der Waals surface area contributed by atoms with E-state index in [2.05, 4.69) is 10.3 Å². The van der Waals surface area contributed by atoms with E-state index in [0.717, 1.165) is 36.9 Å². The molecule has 0 saturated carbocycles. The van der Waals surface area contributed by atoms with Gasteiger partial charge in [0.05, 0.1) is 18.2 Å². The zero-order valence-corrected chi connectivity index (χ0v) is 11.6. The molecule has 1 aromatic carbocycles. The number of carbonyl (C=O) groups excluding carboxylic acids is 1. The second kappa shape index (κ2) is 5.20. The average molecular weight is 275 g/mol. The summed E-state index contributed by atoms with van der Waals surface area (Å²) < 4.78 is 12.3. The molecule has 3 rings (SSSR count). The van der Waals surface area contributed by atoms with Gasteiger partial charge < -0.3 is 9.47 Å². The third-order valence-electron chi connectivity index (χ3n) is 3.67. The molecule has 1 atom stereocenters. The van der Waals surface area contributed by atoms with Crippen LogP contribution in [-0.2, 0) is 9.47 Å². The Labute approximate surface area is 116 Å². The Kier molecular flexibility index (Phi) is 3.40. The van der Waals surface area contributed by atoms with E-state index in [0.29, 0.717) is 11.1 Å². The number of benzene rings is 1. The molecule has 20 heavy (non-hydrogen) atoms. The molecule has 1 saturated heterocycles. The van der Waals surface area contributed by atoms with Crippen molar-refractivity contribution in [3.63, 3.8) is 0 Å². The molecule has 1 fully saturated rings. The van der Waals surface area contributed by atoms with Crippen molar-refractivity contribution in [3.05, 3.63) is 23.3 Å². The molecule has 1 aromatic heterocycles. The SMILES string of the molecule is COC(=O)c1c(C)ccc2c1nnn2C1CCCCO1. The van der Waals surface area contributed by atoms with Crippen LogP contribution in [0.2, 0.25) is 0 Å². The molecule has 0 aliphatic carbocycles. The van der Waals surface area contributed by atoms with Crippen LogP contribution < -0.4 is 0 Å². The summed E-state index contributed by atoms with van der Waals surface area (Å²) >= 11 is 0. The lowest BCUT2D eigenvalue weighted by Gasteiger charge is -2.22. The van der Waals surface area contributed by atoms with Crippen LogP contribution in [-0.4, -0.2) is 34.7 Å². The highest BCUT2D eigenvalue weighted by Crippen LogP contribution is 2.27. The van der Waals surface area contributed by atoms with Gasteiger partial charge in [-0.05, 0) is 37.8 Å². The predicted octanol–water partition coefficient (Wildman–Crippen LogP) is 2.23. The number of hydrogen-bond acceptors (Lipinski definition) is 5. The topological polar surface area (TPSA) is 66.2 Å². The quantitative estimate of drug-likeness (QED) is 0.786. The fourth-order valence-corrected chi connectivity index (χ4v) is 2.60. The lowest BCUT2D eigenvalue weighted by molar-refractivity contribution is -0.0377. The fourth-order valence-electron chi connectivity index (χ4n) is 2.60. The van der Waals surface area contributed by atoms with Crippen LogP contribution in [0.15, 0.2) is 12.1 Å². The Morgan fingerprint density at radius 3 is 3.00 bits per heavy atom. The first-order valence-electron chi connectivity index (χ1n) is 6.77. The number of ether oxygens (including phenoxy) is 2. The van der Waals surface area contributed by atoms with Crippen LogP contribution in [0.1, 0.15) is 41.4 Å². The van der Waals surface area contributed by atoms with Crippen molar-refractivity contribution in [1.29, 1.82) is 0 Å². The minimum absolute atomic E-state index is 0.0954. The van der Waals surface area contributed by atoms with Gasteiger partial charge in [0.2, 0.25) is 0 Å². The normalized spacial score (nSPS) is 19.2. The predicted molar refractivity (Wildman–Crippen MR) is 72.4 cm³/mol. The molecule has 2 aromatic rings. The zero-order valence-electron chi connectivity index (χ0n) is 11.6. The van der Waals surface area contributed by atoms with Crippen molar-refractivity contribution in [2.75, 3.05) is 13.7 Å². The Morgan fingerprint density at radius 2 is 2.30 bits per heavy atom. The summed E-state index contributed by atoms with van der Waals surface area (Å²) in [5.74, 6) is -0.385. The highest BCUT2D eigenvalue weighted by molar-refractivity contribution is 6.03. The molecule has 6 heteroatoms. The van der Waals surface area contributed by atoms with Crippen molar-refractivity contribution in [2.45, 2.75) is 32.4 Å². The number of nitrogens with zero attached hydrogens (tertiary/aromatic N) is 3. The van der Waals surface area contributed by atoms with E-state index in [-0.39, 0.29) is 12.2 Å². The van der Waals surface area contributed by atoms with Crippen LogP contribution in [0, 0.1) is 6.92 Å². The van der Waals surface area contributed by atoms with E-state index < -0.39 is 0 Å². The molecular formula is C14H17N3O3. The molecule has 0 N–H and O–H groups in total. The number of hydrogen-bond donors (Lipinski definition) is 0. The number of methoxy groups -OCH3 is 1. The van der Waals surface area contributed by atoms with Gasteiger partial charge in [-0.3, -0.25) is 0 Å². The lowest BCUT2D eigenvalue weighted by Crippen LogP contribution is -2.19. The molecule has 0 bridgehead atoms. The lowest BCUT2D eigenvalue weighted by atomic mass is 10.1. The van der Waals surface area contributed by atoms with Crippen molar-refractivity contribution in [3.8, 4) is 0 Å². The second-order valence-corrected chi connectivity index (χ2v) is 4.97. The first kappa shape index (κ1) is 13.1. The van der Waals surface area contributed by atoms with Crippen molar-refractivity contribution >= 4 is 17.0 Å². The Bertz CT molecular complexity index is 644. The largest absolute Gasteiger partial charge is 0.465 e. The maximum Gasteiger partial charge on any atom is 0.340 e. The molecular weight excluding hydrogens is 258 g/mol. The Balaban J connectivity index is 2.11. The number of fused-ring (bicyclic) bond motifs is 1. The molecule has 1 aliphatic heterocycles. The number of esters is 1. The summed E-state index contributed by atoms with van der Waals surface area (Å²) in [6.07, 6.45) is 3.01. The third kappa shape index (κ3) is 2.06. The van der Waals surface area contributed by atoms with E-state index in [9.17, 15) is 4.79 Å². The van der Waals surface area contributed by atoms with Crippen LogP contribution in [0.3, 0.4) is 0 Å². The molecule has 1 unspecified atom stereocenters. The maximum atomic E-state index is 11.9. The second-order valence-electron chi connectivity index (χ2n) is 4.97. The van der Waals surface area contributed by atoms with Gasteiger partial charge in [0.1, 0.15) is 5.52 Å². The fraction of sp³-hybridized carbons (Fsp3) is 0.500. The molecule has 2 heterocycles. The monoisotopic (exact) mass is 275 g/mol. The summed E-state index contributed by atoms with van der Waals surface area (Å²) in [4.78, 5) is 11.9. The van der Waals surface area contributed by atoms with Crippen molar-refractivity contribution in [1.82, 2.24) is 15.0 Å². The Morgan fingerprint density at radius 1 is 1.45 bits per heavy atom. The van der Waals surface area contributed by atoms with Crippen LogP contribution in [0.25, 0.3) is 11.0 Å². The van der Waals surface area contributed by atoms with Gasteiger partial charge in [0.25, 0.3) is 0 Å². The summed E-state index contributed by atoms with van der Waals surface area (Å²) in [5, 5.41) is 8.33. The Hall–Kier alpha value is -1.95. The van der Waals surface area contributed by atoms with Gasteiger partial charge in [-0.25, -0.2) is 9.48 Å². The summed E-state index contributed by atoms with van der Waals surface area (Å²) in [7, 11) is 1.37. The van der Waals surface area contributed by atoms with E-state index >= 15 is 0 Å². The third-order valence-corrected chi connectivity index (χ3v) is 3.67. The van der Waals surface area contributed by atoms with Crippen molar-refractivity contribution in [2.24, 2.45) is 0 Å². The summed E-state index contributed by atoms with van der Waals surface area (Å²) in [6, 6.07) is 3.81. The number of carbonyl (C=O) groups is 1. The molecule has 0 radical (unpaired) electrons. The summed E-state index contributed by atoms with van der Waals surface area (Å²) in [5.41, 5.74) is 2.70. The highest BCUT2D eigenvalue weighted by Gasteiger charge is 2.23. The molecule has 0 amide bonds. The van der Waals surface area contributed by atoms with Crippen LogP contribution in [0.5, 0.6) is 0 Å². The summed E-state index contributed by atoms with van der Waals surface area (Å²) in [6.45, 7) is 2.60. The van der Waals surface area contributed by atoms with Gasteiger partial charge in [-0.1, -0.05) is 11.3 Å². The van der Waals surface area contributed by atoms with Gasteiger partial charge in [-0.15, -0.1) is 5.10 Å². The van der Waals surface area contributed by atoms with E-state index in [1.165, 1.54) is 7.11 Å². The van der Waals surface area contributed by atoms with Gasteiger partial charge in [0, 0.05) is 6.61 Å².